The second-order valence-electron chi connectivity index (χ2n) is 6.59. The average molecular weight is 350 g/mol. The summed E-state index contributed by atoms with van der Waals surface area (Å²) >= 11 is 0. The highest BCUT2D eigenvalue weighted by molar-refractivity contribution is 5.85. The Morgan fingerprint density at radius 2 is 1.84 bits per heavy atom. The molecule has 25 heavy (non-hydrogen) atoms. The van der Waals surface area contributed by atoms with Gasteiger partial charge in [-0.1, -0.05) is 0 Å². The van der Waals surface area contributed by atoms with Gasteiger partial charge in [0, 0.05) is 33.3 Å². The zero-order valence-electron chi connectivity index (χ0n) is 15.2. The monoisotopic (exact) mass is 350 g/mol. The highest BCUT2D eigenvalue weighted by Gasteiger charge is 2.48. The number of piperidine rings is 1. The van der Waals surface area contributed by atoms with E-state index < -0.39 is 0 Å². The van der Waals surface area contributed by atoms with Crippen molar-refractivity contribution in [2.45, 2.75) is 19.3 Å². The van der Waals surface area contributed by atoms with E-state index in [1.165, 1.54) is 0 Å². The number of ether oxygens (including phenoxy) is 3. The second-order valence-corrected chi connectivity index (χ2v) is 6.59. The lowest BCUT2D eigenvalue weighted by Gasteiger charge is -2.39. The largest absolute Gasteiger partial charge is 0.481 e. The summed E-state index contributed by atoms with van der Waals surface area (Å²) < 4.78 is 15.6. The third kappa shape index (κ3) is 3.49. The SMILES string of the molecule is COCCN1CCC[C@@]2(CCN(c3nc(OC)cc(OC)n3)C2)C1=O. The summed E-state index contributed by atoms with van der Waals surface area (Å²) in [7, 11) is 4.79. The molecule has 1 aromatic heterocycles. The number of aromatic nitrogens is 2. The van der Waals surface area contributed by atoms with Crippen LogP contribution < -0.4 is 14.4 Å². The van der Waals surface area contributed by atoms with Crippen LogP contribution in [0.15, 0.2) is 6.07 Å². The molecule has 0 bridgehead atoms. The molecule has 1 atom stereocenters. The second kappa shape index (κ2) is 7.43. The van der Waals surface area contributed by atoms with Crippen LogP contribution in [0.2, 0.25) is 0 Å². The topological polar surface area (TPSA) is 77.0 Å². The minimum atomic E-state index is -0.342. The van der Waals surface area contributed by atoms with Crippen LogP contribution in [-0.2, 0) is 9.53 Å². The molecule has 0 saturated carbocycles. The summed E-state index contributed by atoms with van der Waals surface area (Å²) in [6.45, 7) is 3.42. The van der Waals surface area contributed by atoms with Crippen molar-refractivity contribution < 1.29 is 19.0 Å². The van der Waals surface area contributed by atoms with Crippen LogP contribution in [0.4, 0.5) is 5.95 Å². The van der Waals surface area contributed by atoms with Gasteiger partial charge in [0.2, 0.25) is 23.6 Å². The molecule has 3 heterocycles. The van der Waals surface area contributed by atoms with Gasteiger partial charge in [-0.25, -0.2) is 0 Å². The lowest BCUT2D eigenvalue weighted by Crippen LogP contribution is -2.51. The molecule has 2 aliphatic heterocycles. The van der Waals surface area contributed by atoms with Crippen molar-refractivity contribution in [3.63, 3.8) is 0 Å². The van der Waals surface area contributed by atoms with E-state index in [-0.39, 0.29) is 11.3 Å². The van der Waals surface area contributed by atoms with Crippen LogP contribution in [0.1, 0.15) is 19.3 Å². The molecule has 3 rings (SSSR count). The van der Waals surface area contributed by atoms with Gasteiger partial charge in [0.1, 0.15) is 0 Å². The number of hydrogen-bond acceptors (Lipinski definition) is 7. The standard InChI is InChI=1S/C17H26N4O4/c1-23-10-9-20-7-4-5-17(15(20)22)6-8-21(12-17)16-18-13(24-2)11-14(19-16)25-3/h11H,4-10,12H2,1-3H3/t17-/m0/s1. The van der Waals surface area contributed by atoms with Crippen LogP contribution in [0.3, 0.4) is 0 Å². The number of likely N-dealkylation sites (tertiary alicyclic amines) is 1. The molecule has 1 amide bonds. The fourth-order valence-electron chi connectivity index (χ4n) is 3.73. The zero-order chi connectivity index (χ0) is 17.9. The normalized spacial score (nSPS) is 23.4. The van der Waals surface area contributed by atoms with Crippen molar-refractivity contribution in [3.8, 4) is 11.8 Å². The lowest BCUT2D eigenvalue weighted by molar-refractivity contribution is -0.145. The van der Waals surface area contributed by atoms with Gasteiger partial charge in [0.15, 0.2) is 0 Å². The fourth-order valence-corrected chi connectivity index (χ4v) is 3.73. The van der Waals surface area contributed by atoms with Crippen LogP contribution in [0.25, 0.3) is 0 Å². The average Bonchev–Trinajstić information content (AvgIpc) is 3.07. The maximum atomic E-state index is 13.0. The number of amides is 1. The van der Waals surface area contributed by atoms with E-state index >= 15 is 0 Å². The van der Waals surface area contributed by atoms with Crippen molar-refractivity contribution in [3.05, 3.63) is 6.07 Å². The molecule has 0 radical (unpaired) electrons. The number of hydrogen-bond donors (Lipinski definition) is 0. The maximum Gasteiger partial charge on any atom is 0.232 e. The molecular formula is C17H26N4O4. The molecule has 0 N–H and O–H groups in total. The predicted molar refractivity (Wildman–Crippen MR) is 92.1 cm³/mol. The van der Waals surface area contributed by atoms with Gasteiger partial charge in [-0.15, -0.1) is 0 Å². The maximum absolute atomic E-state index is 13.0. The van der Waals surface area contributed by atoms with Gasteiger partial charge in [-0.3, -0.25) is 4.79 Å². The molecule has 8 nitrogen and oxygen atoms in total. The predicted octanol–water partition coefficient (Wildman–Crippen LogP) is 0.959. The molecule has 8 heteroatoms. The molecule has 0 aromatic carbocycles. The van der Waals surface area contributed by atoms with Crippen LogP contribution in [-0.4, -0.2) is 74.9 Å². The first-order chi connectivity index (χ1) is 12.1. The van der Waals surface area contributed by atoms with Crippen molar-refractivity contribution in [1.82, 2.24) is 14.9 Å². The van der Waals surface area contributed by atoms with Crippen LogP contribution in [0.5, 0.6) is 11.8 Å². The Balaban J connectivity index is 1.77. The third-order valence-electron chi connectivity index (χ3n) is 5.11. The van der Waals surface area contributed by atoms with Crippen molar-refractivity contribution in [2.24, 2.45) is 5.41 Å². The number of anilines is 1. The minimum absolute atomic E-state index is 0.230. The number of carbonyl (C=O) groups is 1. The first-order valence-electron chi connectivity index (χ1n) is 8.62. The molecule has 1 aromatic rings. The molecule has 1 spiro atoms. The smallest absolute Gasteiger partial charge is 0.232 e. The summed E-state index contributed by atoms with van der Waals surface area (Å²) in [5.74, 6) is 1.70. The first-order valence-corrected chi connectivity index (χ1v) is 8.62. The Hall–Kier alpha value is -2.09. The van der Waals surface area contributed by atoms with Crippen molar-refractivity contribution in [2.75, 3.05) is 59.0 Å². The highest BCUT2D eigenvalue weighted by atomic mass is 16.5. The van der Waals surface area contributed by atoms with Gasteiger partial charge in [0.05, 0.1) is 32.3 Å². The van der Waals surface area contributed by atoms with Crippen LogP contribution in [0, 0.1) is 5.41 Å². The summed E-state index contributed by atoms with van der Waals surface area (Å²) in [6, 6.07) is 1.65. The van der Waals surface area contributed by atoms with Crippen LogP contribution >= 0.6 is 0 Å². The molecule has 2 aliphatic rings. The van der Waals surface area contributed by atoms with E-state index in [0.717, 1.165) is 32.4 Å². The van der Waals surface area contributed by atoms with E-state index in [1.807, 2.05) is 4.90 Å². The van der Waals surface area contributed by atoms with E-state index in [9.17, 15) is 4.79 Å². The van der Waals surface area contributed by atoms with Gasteiger partial charge in [-0.05, 0) is 19.3 Å². The molecule has 138 valence electrons. The summed E-state index contributed by atoms with van der Waals surface area (Å²) in [5.41, 5.74) is -0.342. The van der Waals surface area contributed by atoms with Crippen molar-refractivity contribution >= 4 is 11.9 Å². The highest BCUT2D eigenvalue weighted by Crippen LogP contribution is 2.41. The van der Waals surface area contributed by atoms with Gasteiger partial charge in [0.25, 0.3) is 0 Å². The van der Waals surface area contributed by atoms with Crippen molar-refractivity contribution in [1.29, 1.82) is 0 Å². The van der Waals surface area contributed by atoms with E-state index in [4.69, 9.17) is 14.2 Å². The Labute approximate surface area is 148 Å². The zero-order valence-corrected chi connectivity index (χ0v) is 15.2. The molecule has 2 fully saturated rings. The lowest BCUT2D eigenvalue weighted by atomic mass is 9.78. The fraction of sp³-hybridized carbons (Fsp3) is 0.706. The Bertz CT molecular complexity index is 604. The summed E-state index contributed by atoms with van der Waals surface area (Å²) in [4.78, 5) is 25.9. The summed E-state index contributed by atoms with van der Waals surface area (Å²) in [6.07, 6.45) is 2.75. The number of nitrogens with zero attached hydrogens (tertiary/aromatic N) is 4. The molecule has 2 saturated heterocycles. The number of methoxy groups -OCH3 is 3. The number of carbonyl (C=O) groups excluding carboxylic acids is 1. The minimum Gasteiger partial charge on any atom is -0.481 e. The molecule has 0 aliphatic carbocycles. The Morgan fingerprint density at radius 3 is 2.48 bits per heavy atom. The Kier molecular flexibility index (Phi) is 5.27. The quantitative estimate of drug-likeness (QED) is 0.756. The van der Waals surface area contributed by atoms with E-state index in [2.05, 4.69) is 14.9 Å². The first kappa shape index (κ1) is 17.7. The Morgan fingerprint density at radius 1 is 1.12 bits per heavy atom. The molecule has 0 unspecified atom stereocenters. The summed E-state index contributed by atoms with van der Waals surface area (Å²) in [5, 5.41) is 0. The van der Waals surface area contributed by atoms with Gasteiger partial charge >= 0.3 is 0 Å². The van der Waals surface area contributed by atoms with E-state index in [1.54, 1.807) is 27.4 Å². The van der Waals surface area contributed by atoms with Gasteiger partial charge < -0.3 is 24.0 Å². The molecular weight excluding hydrogens is 324 g/mol. The third-order valence-corrected chi connectivity index (χ3v) is 5.11. The van der Waals surface area contributed by atoms with E-state index in [0.29, 0.717) is 37.4 Å². The number of rotatable bonds is 6. The van der Waals surface area contributed by atoms with Gasteiger partial charge in [-0.2, -0.15) is 9.97 Å².